The minimum absolute atomic E-state index is 0.597. The molecule has 1 fully saturated rings. The maximum absolute atomic E-state index is 5.76. The van der Waals surface area contributed by atoms with Crippen molar-refractivity contribution in [3.05, 3.63) is 29.6 Å². The number of pyridine rings is 1. The number of rotatable bonds is 2. The topological polar surface area (TPSA) is 12.9 Å². The third-order valence-electron chi connectivity index (χ3n) is 2.03. The van der Waals surface area contributed by atoms with Crippen molar-refractivity contribution in [2.45, 2.75) is 24.6 Å². The van der Waals surface area contributed by atoms with Crippen LogP contribution in [0.4, 0.5) is 0 Å². The van der Waals surface area contributed by atoms with Gasteiger partial charge in [0.05, 0.1) is 0 Å². The van der Waals surface area contributed by atoms with Crippen LogP contribution in [0.2, 0.25) is 0 Å². The van der Waals surface area contributed by atoms with Crippen LogP contribution in [0, 0.1) is 0 Å². The summed E-state index contributed by atoms with van der Waals surface area (Å²) < 4.78 is 0. The molecule has 2 rings (SSSR count). The van der Waals surface area contributed by atoms with Gasteiger partial charge in [-0.05, 0) is 24.5 Å². The van der Waals surface area contributed by atoms with Gasteiger partial charge in [-0.2, -0.15) is 0 Å². The summed E-state index contributed by atoms with van der Waals surface area (Å²) in [5.74, 6) is 1.31. The standard InChI is InChI=1S/C9H10ClN/c10-6-8-2-1-5-11-9(8)7-3-4-7/h1-2,5,7H,3-4,6H2. The second kappa shape index (κ2) is 2.82. The van der Waals surface area contributed by atoms with Crippen LogP contribution in [0.25, 0.3) is 0 Å². The zero-order valence-electron chi connectivity index (χ0n) is 6.26. The summed E-state index contributed by atoms with van der Waals surface area (Å²) in [4.78, 5) is 4.33. The van der Waals surface area contributed by atoms with E-state index >= 15 is 0 Å². The quantitative estimate of drug-likeness (QED) is 0.618. The van der Waals surface area contributed by atoms with Gasteiger partial charge in [0, 0.05) is 23.7 Å². The smallest absolute Gasteiger partial charge is 0.0492 e. The molecule has 0 spiro atoms. The lowest BCUT2D eigenvalue weighted by Crippen LogP contribution is -1.91. The lowest BCUT2D eigenvalue weighted by atomic mass is 10.1. The van der Waals surface area contributed by atoms with E-state index in [1.807, 2.05) is 12.3 Å². The molecule has 0 aromatic carbocycles. The van der Waals surface area contributed by atoms with Crippen LogP contribution in [0.5, 0.6) is 0 Å². The summed E-state index contributed by atoms with van der Waals surface area (Å²) in [6, 6.07) is 4.01. The molecule has 1 aromatic heterocycles. The Hall–Kier alpha value is -0.560. The zero-order chi connectivity index (χ0) is 7.68. The molecular weight excluding hydrogens is 158 g/mol. The van der Waals surface area contributed by atoms with Crippen molar-refractivity contribution < 1.29 is 0 Å². The predicted octanol–water partition coefficient (Wildman–Crippen LogP) is 2.70. The average molecular weight is 168 g/mol. The van der Waals surface area contributed by atoms with Gasteiger partial charge in [0.1, 0.15) is 0 Å². The number of hydrogen-bond donors (Lipinski definition) is 0. The van der Waals surface area contributed by atoms with Gasteiger partial charge in [0.25, 0.3) is 0 Å². The highest BCUT2D eigenvalue weighted by atomic mass is 35.5. The fraction of sp³-hybridized carbons (Fsp3) is 0.444. The normalized spacial score (nSPS) is 16.8. The third-order valence-corrected chi connectivity index (χ3v) is 2.32. The lowest BCUT2D eigenvalue weighted by Gasteiger charge is -2.01. The van der Waals surface area contributed by atoms with Crippen molar-refractivity contribution >= 4 is 11.6 Å². The molecule has 1 nitrogen and oxygen atoms in total. The van der Waals surface area contributed by atoms with Gasteiger partial charge in [0.2, 0.25) is 0 Å². The van der Waals surface area contributed by atoms with Crippen molar-refractivity contribution in [3.8, 4) is 0 Å². The molecule has 58 valence electrons. The van der Waals surface area contributed by atoms with E-state index in [4.69, 9.17) is 11.6 Å². The maximum Gasteiger partial charge on any atom is 0.0492 e. The van der Waals surface area contributed by atoms with Gasteiger partial charge in [-0.15, -0.1) is 11.6 Å². The molecule has 1 aromatic rings. The Bertz CT molecular complexity index is 255. The van der Waals surface area contributed by atoms with Gasteiger partial charge in [-0.1, -0.05) is 6.07 Å². The van der Waals surface area contributed by atoms with E-state index in [0.29, 0.717) is 11.8 Å². The molecule has 0 unspecified atom stereocenters. The van der Waals surface area contributed by atoms with E-state index in [2.05, 4.69) is 11.1 Å². The van der Waals surface area contributed by atoms with Crippen molar-refractivity contribution in [3.63, 3.8) is 0 Å². The highest BCUT2D eigenvalue weighted by Crippen LogP contribution is 2.40. The summed E-state index contributed by atoms with van der Waals surface area (Å²) in [5.41, 5.74) is 2.43. The summed E-state index contributed by atoms with van der Waals surface area (Å²) in [6.07, 6.45) is 4.44. The Morgan fingerprint density at radius 2 is 2.36 bits per heavy atom. The molecule has 0 bridgehead atoms. The van der Waals surface area contributed by atoms with Gasteiger partial charge >= 0.3 is 0 Å². The van der Waals surface area contributed by atoms with Crippen LogP contribution in [-0.4, -0.2) is 4.98 Å². The largest absolute Gasteiger partial charge is 0.261 e. The first-order valence-corrected chi connectivity index (χ1v) is 4.45. The van der Waals surface area contributed by atoms with Gasteiger partial charge in [-0.3, -0.25) is 4.98 Å². The lowest BCUT2D eigenvalue weighted by molar-refractivity contribution is 0.989. The van der Waals surface area contributed by atoms with Crippen LogP contribution in [0.1, 0.15) is 30.0 Å². The first kappa shape index (κ1) is 7.11. The summed E-state index contributed by atoms with van der Waals surface area (Å²) in [5, 5.41) is 0. The van der Waals surface area contributed by atoms with Crippen LogP contribution in [0.15, 0.2) is 18.3 Å². The molecular formula is C9H10ClN. The van der Waals surface area contributed by atoms with Crippen molar-refractivity contribution in [2.75, 3.05) is 0 Å². The summed E-state index contributed by atoms with van der Waals surface area (Å²) in [7, 11) is 0. The molecule has 1 aliphatic rings. The number of aromatic nitrogens is 1. The van der Waals surface area contributed by atoms with E-state index < -0.39 is 0 Å². The van der Waals surface area contributed by atoms with E-state index in [0.717, 1.165) is 0 Å². The Kier molecular flexibility index (Phi) is 1.82. The van der Waals surface area contributed by atoms with E-state index in [1.165, 1.54) is 24.1 Å². The Morgan fingerprint density at radius 3 is 3.00 bits per heavy atom. The average Bonchev–Trinajstić information content (AvgIpc) is 2.87. The number of halogens is 1. The predicted molar refractivity (Wildman–Crippen MR) is 45.8 cm³/mol. The van der Waals surface area contributed by atoms with E-state index in [1.54, 1.807) is 0 Å². The first-order valence-electron chi connectivity index (χ1n) is 3.91. The first-order chi connectivity index (χ1) is 5.42. The number of nitrogens with zero attached hydrogens (tertiary/aromatic N) is 1. The van der Waals surface area contributed by atoms with Gasteiger partial charge in [-0.25, -0.2) is 0 Å². The SMILES string of the molecule is ClCc1cccnc1C1CC1. The number of hydrogen-bond acceptors (Lipinski definition) is 1. The molecule has 0 radical (unpaired) electrons. The molecule has 11 heavy (non-hydrogen) atoms. The fourth-order valence-electron chi connectivity index (χ4n) is 1.29. The van der Waals surface area contributed by atoms with Crippen molar-refractivity contribution in [1.29, 1.82) is 0 Å². The van der Waals surface area contributed by atoms with Crippen LogP contribution in [0.3, 0.4) is 0 Å². The molecule has 1 heterocycles. The molecule has 0 N–H and O–H groups in total. The molecule has 0 aliphatic heterocycles. The summed E-state index contributed by atoms with van der Waals surface area (Å²) in [6.45, 7) is 0. The Morgan fingerprint density at radius 1 is 1.55 bits per heavy atom. The molecule has 1 saturated carbocycles. The monoisotopic (exact) mass is 167 g/mol. The minimum atomic E-state index is 0.597. The molecule has 0 saturated heterocycles. The van der Waals surface area contributed by atoms with Gasteiger partial charge < -0.3 is 0 Å². The second-order valence-corrected chi connectivity index (χ2v) is 3.22. The fourth-order valence-corrected chi connectivity index (χ4v) is 1.51. The maximum atomic E-state index is 5.76. The Labute approximate surface area is 71.4 Å². The zero-order valence-corrected chi connectivity index (χ0v) is 7.01. The van der Waals surface area contributed by atoms with Crippen LogP contribution in [-0.2, 0) is 5.88 Å². The third kappa shape index (κ3) is 1.38. The summed E-state index contributed by atoms with van der Waals surface area (Å²) >= 11 is 5.76. The molecule has 0 amide bonds. The Balaban J connectivity index is 2.34. The number of alkyl halides is 1. The van der Waals surface area contributed by atoms with Crippen molar-refractivity contribution in [1.82, 2.24) is 4.98 Å². The van der Waals surface area contributed by atoms with E-state index in [-0.39, 0.29) is 0 Å². The second-order valence-electron chi connectivity index (χ2n) is 2.96. The molecule has 2 heteroatoms. The van der Waals surface area contributed by atoms with Crippen LogP contribution >= 0.6 is 11.6 Å². The van der Waals surface area contributed by atoms with E-state index in [9.17, 15) is 0 Å². The highest BCUT2D eigenvalue weighted by molar-refractivity contribution is 6.17. The van der Waals surface area contributed by atoms with Crippen LogP contribution < -0.4 is 0 Å². The minimum Gasteiger partial charge on any atom is -0.261 e. The molecule has 0 atom stereocenters. The molecule has 1 aliphatic carbocycles. The van der Waals surface area contributed by atoms with Gasteiger partial charge in [0.15, 0.2) is 0 Å². The highest BCUT2D eigenvalue weighted by Gasteiger charge is 2.26. The van der Waals surface area contributed by atoms with Crippen molar-refractivity contribution in [2.24, 2.45) is 0 Å².